The molecule has 0 saturated carbocycles. The Morgan fingerprint density at radius 2 is 2.16 bits per heavy atom. The number of hydrogen-bond donors (Lipinski definition) is 2. The highest BCUT2D eigenvalue weighted by atomic mass is 19.4. The van der Waals surface area contributed by atoms with E-state index in [0.717, 1.165) is 25.6 Å². The van der Waals surface area contributed by atoms with Gasteiger partial charge in [0.1, 0.15) is 12.2 Å². The molecule has 8 heteroatoms. The minimum atomic E-state index is -4.56. The summed E-state index contributed by atoms with van der Waals surface area (Å²) in [5.41, 5.74) is -1.93. The first-order chi connectivity index (χ1) is 11.6. The molecule has 0 unspecified atom stereocenters. The van der Waals surface area contributed by atoms with Crippen molar-refractivity contribution >= 4 is 5.91 Å². The van der Waals surface area contributed by atoms with Crippen molar-refractivity contribution in [1.82, 2.24) is 15.6 Å². The van der Waals surface area contributed by atoms with Crippen LogP contribution in [0.4, 0.5) is 13.2 Å². The molecule has 1 amide bonds. The first kappa shape index (κ1) is 19.5. The molecule has 2 atom stereocenters. The maximum atomic E-state index is 13.0. The number of aromatic nitrogens is 1. The highest BCUT2D eigenvalue weighted by molar-refractivity contribution is 5.82. The Balaban J connectivity index is 2.00. The molecule has 0 radical (unpaired) electrons. The second kappa shape index (κ2) is 7.59. The average molecular weight is 359 g/mol. The third-order valence-corrected chi connectivity index (χ3v) is 4.36. The molecule has 1 aliphatic heterocycles. The van der Waals surface area contributed by atoms with Gasteiger partial charge in [-0.25, -0.2) is 4.98 Å². The van der Waals surface area contributed by atoms with Gasteiger partial charge in [0.15, 0.2) is 0 Å². The van der Waals surface area contributed by atoms with Gasteiger partial charge in [0.2, 0.25) is 11.8 Å². The van der Waals surface area contributed by atoms with E-state index in [4.69, 9.17) is 4.74 Å². The average Bonchev–Trinajstić information content (AvgIpc) is 2.54. The van der Waals surface area contributed by atoms with Gasteiger partial charge in [-0.1, -0.05) is 6.92 Å². The summed E-state index contributed by atoms with van der Waals surface area (Å²) >= 11 is 0. The summed E-state index contributed by atoms with van der Waals surface area (Å²) in [6.45, 7) is 6.79. The topological polar surface area (TPSA) is 63.2 Å². The Hall–Kier alpha value is -1.83. The molecule has 0 bridgehead atoms. The quantitative estimate of drug-likeness (QED) is 0.848. The molecule has 1 aromatic heterocycles. The normalized spacial score (nSPS) is 21.7. The van der Waals surface area contributed by atoms with Crippen LogP contribution in [0.15, 0.2) is 18.3 Å². The van der Waals surface area contributed by atoms with Crippen molar-refractivity contribution in [2.45, 2.75) is 39.4 Å². The van der Waals surface area contributed by atoms with Crippen LogP contribution in [0.3, 0.4) is 0 Å². The fourth-order valence-corrected chi connectivity index (χ4v) is 2.63. The van der Waals surface area contributed by atoms with Gasteiger partial charge in [-0.2, -0.15) is 13.2 Å². The minimum Gasteiger partial charge on any atom is -0.476 e. The van der Waals surface area contributed by atoms with Crippen LogP contribution in [0.5, 0.6) is 5.88 Å². The van der Waals surface area contributed by atoms with E-state index in [1.165, 1.54) is 12.3 Å². The first-order valence-corrected chi connectivity index (χ1v) is 8.28. The molecular weight excluding hydrogens is 335 g/mol. The Labute approximate surface area is 145 Å². The lowest BCUT2D eigenvalue weighted by atomic mass is 9.90. The van der Waals surface area contributed by atoms with Gasteiger partial charge >= 0.3 is 6.18 Å². The molecule has 5 nitrogen and oxygen atoms in total. The van der Waals surface area contributed by atoms with Crippen LogP contribution in [0.25, 0.3) is 0 Å². The largest absolute Gasteiger partial charge is 0.476 e. The van der Waals surface area contributed by atoms with Crippen LogP contribution in [-0.2, 0) is 11.0 Å². The predicted molar refractivity (Wildman–Crippen MR) is 87.1 cm³/mol. The van der Waals surface area contributed by atoms with E-state index in [0.29, 0.717) is 5.92 Å². The summed E-state index contributed by atoms with van der Waals surface area (Å²) in [6, 6.07) is 2.16. The maximum absolute atomic E-state index is 13.0. The van der Waals surface area contributed by atoms with E-state index in [1.54, 1.807) is 13.8 Å². The fourth-order valence-electron chi connectivity index (χ4n) is 2.63. The summed E-state index contributed by atoms with van der Waals surface area (Å²) in [7, 11) is 0. The van der Waals surface area contributed by atoms with E-state index in [9.17, 15) is 18.0 Å². The van der Waals surface area contributed by atoms with Crippen LogP contribution in [0, 0.1) is 11.3 Å². The smallest absolute Gasteiger partial charge is 0.421 e. The van der Waals surface area contributed by atoms with Gasteiger partial charge in [-0.3, -0.25) is 4.79 Å². The lowest BCUT2D eigenvalue weighted by Gasteiger charge is -2.33. The zero-order chi connectivity index (χ0) is 18.7. The zero-order valence-corrected chi connectivity index (χ0v) is 14.6. The van der Waals surface area contributed by atoms with E-state index < -0.39 is 23.0 Å². The lowest BCUT2D eigenvalue weighted by Crippen LogP contribution is -2.52. The first-order valence-electron chi connectivity index (χ1n) is 8.28. The number of amides is 1. The third-order valence-electron chi connectivity index (χ3n) is 4.36. The van der Waals surface area contributed by atoms with Crippen LogP contribution < -0.4 is 15.4 Å². The molecule has 0 aliphatic carbocycles. The highest BCUT2D eigenvalue weighted by Gasteiger charge is 2.37. The van der Waals surface area contributed by atoms with Crippen LogP contribution in [0.2, 0.25) is 0 Å². The number of nitrogens with one attached hydrogen (secondary N) is 2. The number of pyridine rings is 1. The van der Waals surface area contributed by atoms with Crippen LogP contribution in [0.1, 0.15) is 32.8 Å². The van der Waals surface area contributed by atoms with Crippen molar-refractivity contribution in [2.24, 2.45) is 11.3 Å². The Kier molecular flexibility index (Phi) is 5.92. The monoisotopic (exact) mass is 359 g/mol. The molecule has 25 heavy (non-hydrogen) atoms. The lowest BCUT2D eigenvalue weighted by molar-refractivity contribution is -0.139. The van der Waals surface area contributed by atoms with Crippen molar-refractivity contribution in [3.63, 3.8) is 0 Å². The highest BCUT2D eigenvalue weighted by Crippen LogP contribution is 2.35. The van der Waals surface area contributed by atoms with E-state index >= 15 is 0 Å². The molecule has 1 aromatic rings. The number of rotatable bonds is 5. The number of carbonyl (C=O) groups excluding carboxylic acids is 1. The van der Waals surface area contributed by atoms with Crippen molar-refractivity contribution in [3.05, 3.63) is 23.9 Å². The van der Waals surface area contributed by atoms with Crippen molar-refractivity contribution in [2.75, 3.05) is 19.7 Å². The Morgan fingerprint density at radius 1 is 1.44 bits per heavy atom. The zero-order valence-electron chi connectivity index (χ0n) is 14.6. The molecule has 2 rings (SSSR count). The number of alkyl halides is 3. The number of nitrogens with zero attached hydrogens (tertiary/aromatic N) is 1. The van der Waals surface area contributed by atoms with Crippen LogP contribution in [-0.4, -0.2) is 36.6 Å². The standard InChI is InChI=1S/C17H24F3N3O2/c1-11-9-21-8-6-13(11)23-15(24)16(2,3)10-25-14-12(17(18,19)20)5-4-7-22-14/h4-5,7,11,13,21H,6,8-10H2,1-3H3,(H,23,24)/t11-,13-/m1/s1. The second-order valence-corrected chi connectivity index (χ2v) is 7.08. The van der Waals surface area contributed by atoms with Gasteiger partial charge in [-0.15, -0.1) is 0 Å². The number of hydrogen-bond acceptors (Lipinski definition) is 4. The number of halogens is 3. The van der Waals surface area contributed by atoms with Crippen molar-refractivity contribution < 1.29 is 22.7 Å². The van der Waals surface area contributed by atoms with E-state index in [2.05, 4.69) is 15.6 Å². The second-order valence-electron chi connectivity index (χ2n) is 7.08. The summed E-state index contributed by atoms with van der Waals surface area (Å²) in [5, 5.41) is 6.24. The third kappa shape index (κ3) is 5.07. The number of ether oxygens (including phenoxy) is 1. The summed E-state index contributed by atoms with van der Waals surface area (Å²) in [6.07, 6.45) is -2.50. The molecule has 1 fully saturated rings. The van der Waals surface area contributed by atoms with Gasteiger partial charge in [0.05, 0.1) is 5.41 Å². The van der Waals surface area contributed by atoms with Crippen molar-refractivity contribution in [1.29, 1.82) is 0 Å². The minimum absolute atomic E-state index is 0.0496. The number of piperidine rings is 1. The molecule has 0 aromatic carbocycles. The molecule has 1 aliphatic rings. The summed E-state index contributed by atoms with van der Waals surface area (Å²) in [5.74, 6) is -0.455. The van der Waals surface area contributed by atoms with Gasteiger partial charge in [0.25, 0.3) is 0 Å². The van der Waals surface area contributed by atoms with E-state index in [-0.39, 0.29) is 18.6 Å². The van der Waals surface area contributed by atoms with Gasteiger partial charge < -0.3 is 15.4 Å². The number of carbonyl (C=O) groups is 1. The Morgan fingerprint density at radius 3 is 2.80 bits per heavy atom. The maximum Gasteiger partial charge on any atom is 0.421 e. The van der Waals surface area contributed by atoms with Crippen molar-refractivity contribution in [3.8, 4) is 5.88 Å². The SMILES string of the molecule is C[C@@H]1CNCC[C@H]1NC(=O)C(C)(C)COc1ncccc1C(F)(F)F. The molecule has 2 N–H and O–H groups in total. The van der Waals surface area contributed by atoms with Crippen LogP contribution >= 0.6 is 0 Å². The predicted octanol–water partition coefficient (Wildman–Crippen LogP) is 2.62. The molecule has 1 saturated heterocycles. The molecular formula is C17H24F3N3O2. The summed E-state index contributed by atoms with van der Waals surface area (Å²) in [4.78, 5) is 16.2. The molecule has 2 heterocycles. The van der Waals surface area contributed by atoms with Gasteiger partial charge in [0, 0.05) is 12.2 Å². The summed E-state index contributed by atoms with van der Waals surface area (Å²) < 4.78 is 44.2. The van der Waals surface area contributed by atoms with E-state index in [1.807, 2.05) is 6.92 Å². The molecule has 0 spiro atoms. The van der Waals surface area contributed by atoms with Gasteiger partial charge in [-0.05, 0) is 51.4 Å². The molecule has 140 valence electrons. The Bertz CT molecular complexity index is 605. The fraction of sp³-hybridized carbons (Fsp3) is 0.647.